The number of hydrogen-bond acceptors (Lipinski definition) is 4. The van der Waals surface area contributed by atoms with Crippen LogP contribution in [0.4, 0.5) is 0 Å². The number of aliphatic imine (C=N–C) groups is 1. The van der Waals surface area contributed by atoms with Crippen molar-refractivity contribution in [3.8, 4) is 0 Å². The smallest absolute Gasteiger partial charge is 0.337 e. The van der Waals surface area contributed by atoms with Crippen molar-refractivity contribution >= 4 is 11.9 Å². The zero-order valence-electron chi connectivity index (χ0n) is 16.2. The fourth-order valence-corrected chi connectivity index (χ4v) is 3.11. The molecule has 6 nitrogen and oxygen atoms in total. The highest BCUT2D eigenvalue weighted by Crippen LogP contribution is 2.14. The minimum absolute atomic E-state index is 0.306. The van der Waals surface area contributed by atoms with Gasteiger partial charge in [0.2, 0.25) is 0 Å². The van der Waals surface area contributed by atoms with Crippen LogP contribution in [0.25, 0.3) is 0 Å². The van der Waals surface area contributed by atoms with Crippen molar-refractivity contribution in [2.75, 3.05) is 39.9 Å². The Kier molecular flexibility index (Phi) is 8.41. The van der Waals surface area contributed by atoms with Crippen molar-refractivity contribution in [3.05, 3.63) is 35.4 Å². The maximum Gasteiger partial charge on any atom is 0.337 e. The van der Waals surface area contributed by atoms with E-state index in [1.165, 1.54) is 7.11 Å². The summed E-state index contributed by atoms with van der Waals surface area (Å²) >= 11 is 0. The highest BCUT2D eigenvalue weighted by atomic mass is 16.5. The summed E-state index contributed by atoms with van der Waals surface area (Å²) in [6.45, 7) is 8.45. The second-order valence-electron chi connectivity index (χ2n) is 6.32. The predicted molar refractivity (Wildman–Crippen MR) is 104 cm³/mol. The number of nitrogens with zero attached hydrogens (tertiary/aromatic N) is 2. The molecule has 1 heterocycles. The van der Waals surface area contributed by atoms with Crippen molar-refractivity contribution in [2.24, 2.45) is 4.99 Å². The number of rotatable bonds is 7. The van der Waals surface area contributed by atoms with Gasteiger partial charge < -0.3 is 19.7 Å². The molecular formula is C20H31N3O3. The van der Waals surface area contributed by atoms with E-state index in [0.29, 0.717) is 18.2 Å². The number of carbonyl (C=O) groups excluding carboxylic acids is 1. The molecule has 0 radical (unpaired) electrons. The zero-order valence-corrected chi connectivity index (χ0v) is 16.2. The molecule has 0 amide bonds. The molecule has 0 saturated carbocycles. The SMILES string of the molecule is CCNC(=NCCc1ccc(C(=O)OC)cc1)N1CCC(OCC)CC1. The maximum absolute atomic E-state index is 11.5. The lowest BCUT2D eigenvalue weighted by Gasteiger charge is -2.34. The van der Waals surface area contributed by atoms with E-state index in [0.717, 1.165) is 57.0 Å². The van der Waals surface area contributed by atoms with Gasteiger partial charge in [-0.3, -0.25) is 4.99 Å². The molecule has 0 bridgehead atoms. The molecule has 144 valence electrons. The average molecular weight is 361 g/mol. The standard InChI is InChI=1S/C20H31N3O3/c1-4-21-20(23-14-11-18(12-15-23)26-5-2)22-13-10-16-6-8-17(9-7-16)19(24)25-3/h6-9,18H,4-5,10-15H2,1-3H3,(H,21,22). The van der Waals surface area contributed by atoms with Crippen LogP contribution in [0.3, 0.4) is 0 Å². The van der Waals surface area contributed by atoms with Crippen LogP contribution in [-0.4, -0.2) is 62.8 Å². The molecule has 1 aliphatic rings. The van der Waals surface area contributed by atoms with Gasteiger partial charge in [0.05, 0.1) is 18.8 Å². The molecule has 6 heteroatoms. The third kappa shape index (κ3) is 6.02. The van der Waals surface area contributed by atoms with Crippen molar-refractivity contribution in [2.45, 2.75) is 39.2 Å². The quantitative estimate of drug-likeness (QED) is 0.459. The van der Waals surface area contributed by atoms with E-state index in [1.54, 1.807) is 12.1 Å². The van der Waals surface area contributed by atoms with Crippen LogP contribution < -0.4 is 5.32 Å². The molecule has 0 atom stereocenters. The molecule has 1 saturated heterocycles. The molecule has 26 heavy (non-hydrogen) atoms. The lowest BCUT2D eigenvalue weighted by Crippen LogP contribution is -2.47. The van der Waals surface area contributed by atoms with E-state index in [1.807, 2.05) is 12.1 Å². The number of likely N-dealkylation sites (tertiary alicyclic amines) is 1. The molecule has 0 aliphatic carbocycles. The first-order valence-corrected chi connectivity index (χ1v) is 9.50. The van der Waals surface area contributed by atoms with Crippen LogP contribution in [0.5, 0.6) is 0 Å². The van der Waals surface area contributed by atoms with Crippen LogP contribution >= 0.6 is 0 Å². The number of hydrogen-bond donors (Lipinski definition) is 1. The van der Waals surface area contributed by atoms with Gasteiger partial charge in [-0.05, 0) is 50.8 Å². The molecule has 0 spiro atoms. The second kappa shape index (κ2) is 10.8. The highest BCUT2D eigenvalue weighted by Gasteiger charge is 2.21. The Labute approximate surface area is 156 Å². The summed E-state index contributed by atoms with van der Waals surface area (Å²) < 4.78 is 10.4. The molecule has 1 aliphatic heterocycles. The predicted octanol–water partition coefficient (Wildman–Crippen LogP) is 2.48. The minimum Gasteiger partial charge on any atom is -0.465 e. The van der Waals surface area contributed by atoms with Gasteiger partial charge in [-0.1, -0.05) is 12.1 Å². The minimum atomic E-state index is -0.306. The van der Waals surface area contributed by atoms with Gasteiger partial charge in [-0.25, -0.2) is 4.79 Å². The summed E-state index contributed by atoms with van der Waals surface area (Å²) in [5.41, 5.74) is 1.73. The Bertz CT molecular complexity index is 578. The normalized spacial score (nSPS) is 15.8. The molecule has 1 aromatic rings. The van der Waals surface area contributed by atoms with E-state index in [2.05, 4.69) is 24.1 Å². The molecule has 1 N–H and O–H groups in total. The Morgan fingerprint density at radius 3 is 2.50 bits per heavy atom. The number of piperidine rings is 1. The van der Waals surface area contributed by atoms with Gasteiger partial charge in [0.1, 0.15) is 0 Å². The largest absolute Gasteiger partial charge is 0.465 e. The van der Waals surface area contributed by atoms with Gasteiger partial charge in [0.25, 0.3) is 0 Å². The summed E-state index contributed by atoms with van der Waals surface area (Å²) in [7, 11) is 1.39. The summed E-state index contributed by atoms with van der Waals surface area (Å²) in [5, 5.41) is 3.39. The van der Waals surface area contributed by atoms with Gasteiger partial charge in [0, 0.05) is 32.8 Å². The fraction of sp³-hybridized carbons (Fsp3) is 0.600. The van der Waals surface area contributed by atoms with Gasteiger partial charge in [-0.2, -0.15) is 0 Å². The Balaban J connectivity index is 1.88. The first-order valence-electron chi connectivity index (χ1n) is 9.50. The number of benzene rings is 1. The van der Waals surface area contributed by atoms with Crippen molar-refractivity contribution in [3.63, 3.8) is 0 Å². The Hall–Kier alpha value is -2.08. The maximum atomic E-state index is 11.5. The van der Waals surface area contributed by atoms with Crippen molar-refractivity contribution < 1.29 is 14.3 Å². The van der Waals surface area contributed by atoms with Crippen molar-refractivity contribution in [1.29, 1.82) is 0 Å². The zero-order chi connectivity index (χ0) is 18.8. The van der Waals surface area contributed by atoms with Crippen LogP contribution in [0, 0.1) is 0 Å². The van der Waals surface area contributed by atoms with E-state index >= 15 is 0 Å². The van der Waals surface area contributed by atoms with Crippen LogP contribution in [-0.2, 0) is 15.9 Å². The number of methoxy groups -OCH3 is 1. The molecule has 1 aromatic carbocycles. The van der Waals surface area contributed by atoms with Gasteiger partial charge in [-0.15, -0.1) is 0 Å². The molecule has 0 aromatic heterocycles. The molecule has 2 rings (SSSR count). The monoisotopic (exact) mass is 361 g/mol. The van der Waals surface area contributed by atoms with E-state index in [-0.39, 0.29) is 5.97 Å². The third-order valence-electron chi connectivity index (χ3n) is 4.52. The van der Waals surface area contributed by atoms with Crippen molar-refractivity contribution in [1.82, 2.24) is 10.2 Å². The number of esters is 1. The topological polar surface area (TPSA) is 63.2 Å². The lowest BCUT2D eigenvalue weighted by molar-refractivity contribution is 0.0264. The number of ether oxygens (including phenoxy) is 2. The third-order valence-corrected chi connectivity index (χ3v) is 4.52. The van der Waals surface area contributed by atoms with E-state index in [4.69, 9.17) is 14.5 Å². The summed E-state index contributed by atoms with van der Waals surface area (Å²) in [6, 6.07) is 7.52. The second-order valence-corrected chi connectivity index (χ2v) is 6.32. The van der Waals surface area contributed by atoms with Gasteiger partial charge in [0.15, 0.2) is 5.96 Å². The summed E-state index contributed by atoms with van der Waals surface area (Å²) in [6.07, 6.45) is 3.32. The number of guanidine groups is 1. The first kappa shape index (κ1) is 20.2. The first-order chi connectivity index (χ1) is 12.7. The van der Waals surface area contributed by atoms with Crippen LogP contribution in [0.2, 0.25) is 0 Å². The molecule has 0 unspecified atom stereocenters. The van der Waals surface area contributed by atoms with Crippen LogP contribution in [0.15, 0.2) is 29.3 Å². The average Bonchev–Trinajstić information content (AvgIpc) is 2.68. The summed E-state index contributed by atoms with van der Waals surface area (Å²) in [4.78, 5) is 18.6. The molecule has 1 fully saturated rings. The highest BCUT2D eigenvalue weighted by molar-refractivity contribution is 5.89. The van der Waals surface area contributed by atoms with E-state index < -0.39 is 0 Å². The van der Waals surface area contributed by atoms with E-state index in [9.17, 15) is 4.79 Å². The van der Waals surface area contributed by atoms with Crippen LogP contribution in [0.1, 0.15) is 42.6 Å². The Morgan fingerprint density at radius 1 is 1.23 bits per heavy atom. The fourth-order valence-electron chi connectivity index (χ4n) is 3.11. The summed E-state index contributed by atoms with van der Waals surface area (Å²) in [5.74, 6) is 0.674. The lowest BCUT2D eigenvalue weighted by atomic mass is 10.1. The molecular weight excluding hydrogens is 330 g/mol. The van der Waals surface area contributed by atoms with Gasteiger partial charge >= 0.3 is 5.97 Å². The Morgan fingerprint density at radius 2 is 1.92 bits per heavy atom. The number of nitrogens with one attached hydrogen (secondary N) is 1. The number of carbonyl (C=O) groups is 1.